The molecule has 3 N–H and O–H groups in total. The fourth-order valence-corrected chi connectivity index (χ4v) is 2.81. The lowest BCUT2D eigenvalue weighted by Crippen LogP contribution is -2.32. The molecule has 0 spiro atoms. The Kier molecular flexibility index (Phi) is 5.80. The monoisotopic (exact) mass is 339 g/mol. The molecule has 1 atom stereocenters. The second kappa shape index (κ2) is 7.83. The molecule has 2 aromatic rings. The van der Waals surface area contributed by atoms with Crippen LogP contribution in [-0.4, -0.2) is 17.9 Å². The summed E-state index contributed by atoms with van der Waals surface area (Å²) in [6.07, 6.45) is 0. The van der Waals surface area contributed by atoms with E-state index >= 15 is 0 Å². The molecule has 0 aromatic heterocycles. The molecular formula is C20H25N3O2. The van der Waals surface area contributed by atoms with Gasteiger partial charge in [0, 0.05) is 24.0 Å². The number of carbonyl (C=O) groups excluding carboxylic acids is 2. The number of carbonyl (C=O) groups is 2. The molecule has 2 amide bonds. The van der Waals surface area contributed by atoms with E-state index in [0.29, 0.717) is 5.69 Å². The Morgan fingerprint density at radius 2 is 1.52 bits per heavy atom. The summed E-state index contributed by atoms with van der Waals surface area (Å²) in [5.41, 5.74) is 5.59. The summed E-state index contributed by atoms with van der Waals surface area (Å²) >= 11 is 0. The van der Waals surface area contributed by atoms with Gasteiger partial charge in [-0.1, -0.05) is 23.8 Å². The van der Waals surface area contributed by atoms with Gasteiger partial charge in [0.2, 0.25) is 11.8 Å². The minimum absolute atomic E-state index is 0.111. The predicted octanol–water partition coefficient (Wildman–Crippen LogP) is 4.01. The third-order valence-electron chi connectivity index (χ3n) is 3.88. The van der Waals surface area contributed by atoms with Crippen LogP contribution in [0.15, 0.2) is 36.4 Å². The topological polar surface area (TPSA) is 70.2 Å². The third kappa shape index (κ3) is 5.08. The Bertz CT molecular complexity index is 776. The normalized spacial score (nSPS) is 11.6. The maximum absolute atomic E-state index is 12.5. The van der Waals surface area contributed by atoms with Crippen molar-refractivity contribution in [3.63, 3.8) is 0 Å². The SMILES string of the molecule is CC(=O)Nc1cccc(N[C@H](C)C(=O)Nc2c(C)cc(C)cc2C)c1. The zero-order valence-corrected chi connectivity index (χ0v) is 15.4. The van der Waals surface area contributed by atoms with E-state index in [1.54, 1.807) is 19.1 Å². The Balaban J connectivity index is 2.07. The minimum Gasteiger partial charge on any atom is -0.374 e. The molecule has 0 aliphatic carbocycles. The van der Waals surface area contributed by atoms with E-state index in [1.807, 2.05) is 32.9 Å². The van der Waals surface area contributed by atoms with Crippen molar-refractivity contribution in [2.24, 2.45) is 0 Å². The van der Waals surface area contributed by atoms with Gasteiger partial charge in [0.15, 0.2) is 0 Å². The van der Waals surface area contributed by atoms with E-state index in [4.69, 9.17) is 0 Å². The first-order valence-electron chi connectivity index (χ1n) is 8.29. The van der Waals surface area contributed by atoms with Gasteiger partial charge in [0.05, 0.1) is 0 Å². The lowest BCUT2D eigenvalue weighted by atomic mass is 10.0. The van der Waals surface area contributed by atoms with Crippen LogP contribution in [0, 0.1) is 20.8 Å². The van der Waals surface area contributed by atoms with Gasteiger partial charge in [-0.25, -0.2) is 0 Å². The summed E-state index contributed by atoms with van der Waals surface area (Å²) in [7, 11) is 0. The van der Waals surface area contributed by atoms with Gasteiger partial charge >= 0.3 is 0 Å². The number of hydrogen-bond acceptors (Lipinski definition) is 3. The maximum Gasteiger partial charge on any atom is 0.246 e. The van der Waals surface area contributed by atoms with Crippen LogP contribution in [0.2, 0.25) is 0 Å². The molecule has 0 fully saturated rings. The van der Waals surface area contributed by atoms with Crippen LogP contribution in [-0.2, 0) is 9.59 Å². The van der Waals surface area contributed by atoms with Crippen LogP contribution >= 0.6 is 0 Å². The number of benzene rings is 2. The molecule has 0 saturated carbocycles. The Hall–Kier alpha value is -2.82. The standard InChI is InChI=1S/C20H25N3O2/c1-12-9-13(2)19(14(3)10-12)23-20(25)15(4)21-17-7-6-8-18(11-17)22-16(5)24/h6-11,15,21H,1-5H3,(H,22,24)(H,23,25)/t15-/m1/s1. The number of rotatable bonds is 5. The van der Waals surface area contributed by atoms with Gasteiger partial charge in [0.1, 0.15) is 6.04 Å². The summed E-state index contributed by atoms with van der Waals surface area (Å²) in [6, 6.07) is 11.0. The average molecular weight is 339 g/mol. The fourth-order valence-electron chi connectivity index (χ4n) is 2.81. The molecule has 2 aromatic carbocycles. The first kappa shape index (κ1) is 18.5. The number of nitrogens with one attached hydrogen (secondary N) is 3. The van der Waals surface area contributed by atoms with Crippen molar-refractivity contribution in [1.29, 1.82) is 0 Å². The van der Waals surface area contributed by atoms with Crippen molar-refractivity contribution < 1.29 is 9.59 Å². The highest BCUT2D eigenvalue weighted by atomic mass is 16.2. The van der Waals surface area contributed by atoms with Crippen LogP contribution in [0.3, 0.4) is 0 Å². The largest absolute Gasteiger partial charge is 0.374 e. The first-order chi connectivity index (χ1) is 11.8. The van der Waals surface area contributed by atoms with Crippen molar-refractivity contribution >= 4 is 28.9 Å². The molecule has 0 aliphatic heterocycles. The van der Waals surface area contributed by atoms with E-state index < -0.39 is 6.04 Å². The van der Waals surface area contributed by atoms with E-state index in [-0.39, 0.29) is 11.8 Å². The zero-order valence-electron chi connectivity index (χ0n) is 15.4. The third-order valence-corrected chi connectivity index (χ3v) is 3.88. The van der Waals surface area contributed by atoms with E-state index in [0.717, 1.165) is 22.5 Å². The van der Waals surface area contributed by atoms with E-state index in [9.17, 15) is 9.59 Å². The van der Waals surface area contributed by atoms with Crippen molar-refractivity contribution in [3.8, 4) is 0 Å². The maximum atomic E-state index is 12.5. The average Bonchev–Trinajstić information content (AvgIpc) is 2.50. The van der Waals surface area contributed by atoms with Crippen molar-refractivity contribution in [2.45, 2.75) is 40.7 Å². The molecule has 5 heteroatoms. The van der Waals surface area contributed by atoms with Crippen molar-refractivity contribution in [1.82, 2.24) is 0 Å². The van der Waals surface area contributed by atoms with E-state index in [2.05, 4.69) is 28.1 Å². The van der Waals surface area contributed by atoms with Crippen LogP contribution in [0.1, 0.15) is 30.5 Å². The second-order valence-corrected chi connectivity index (χ2v) is 6.39. The highest BCUT2D eigenvalue weighted by molar-refractivity contribution is 5.97. The number of amides is 2. The Morgan fingerprint density at radius 3 is 2.12 bits per heavy atom. The highest BCUT2D eigenvalue weighted by Gasteiger charge is 2.15. The molecule has 0 heterocycles. The lowest BCUT2D eigenvalue weighted by molar-refractivity contribution is -0.116. The number of hydrogen-bond donors (Lipinski definition) is 3. The molecule has 2 rings (SSSR count). The molecule has 25 heavy (non-hydrogen) atoms. The van der Waals surface area contributed by atoms with Crippen LogP contribution in [0.25, 0.3) is 0 Å². The Labute approximate surface area is 148 Å². The van der Waals surface area contributed by atoms with Gasteiger partial charge in [-0.15, -0.1) is 0 Å². The second-order valence-electron chi connectivity index (χ2n) is 6.39. The van der Waals surface area contributed by atoms with Gasteiger partial charge in [0.25, 0.3) is 0 Å². The van der Waals surface area contributed by atoms with Gasteiger partial charge in [-0.05, 0) is 57.0 Å². The molecule has 132 valence electrons. The smallest absolute Gasteiger partial charge is 0.246 e. The summed E-state index contributed by atoms with van der Waals surface area (Å²) in [5.74, 6) is -0.242. The molecule has 0 radical (unpaired) electrons. The van der Waals surface area contributed by atoms with Crippen LogP contribution in [0.4, 0.5) is 17.1 Å². The summed E-state index contributed by atoms with van der Waals surface area (Å²) in [5, 5.41) is 8.89. The summed E-state index contributed by atoms with van der Waals surface area (Å²) in [6.45, 7) is 9.29. The predicted molar refractivity (Wildman–Crippen MR) is 103 cm³/mol. The van der Waals surface area contributed by atoms with Gasteiger partial charge < -0.3 is 16.0 Å². The quantitative estimate of drug-likeness (QED) is 0.771. The van der Waals surface area contributed by atoms with Gasteiger partial charge in [-0.2, -0.15) is 0 Å². The van der Waals surface area contributed by atoms with Crippen LogP contribution in [0.5, 0.6) is 0 Å². The molecule has 0 saturated heterocycles. The summed E-state index contributed by atoms with van der Waals surface area (Å²) in [4.78, 5) is 23.7. The molecular weight excluding hydrogens is 314 g/mol. The Morgan fingerprint density at radius 1 is 0.920 bits per heavy atom. The lowest BCUT2D eigenvalue weighted by Gasteiger charge is -2.18. The van der Waals surface area contributed by atoms with Crippen molar-refractivity contribution in [2.75, 3.05) is 16.0 Å². The van der Waals surface area contributed by atoms with Crippen LogP contribution < -0.4 is 16.0 Å². The highest BCUT2D eigenvalue weighted by Crippen LogP contribution is 2.22. The zero-order chi connectivity index (χ0) is 18.6. The minimum atomic E-state index is -0.423. The van der Waals surface area contributed by atoms with E-state index in [1.165, 1.54) is 12.5 Å². The molecule has 5 nitrogen and oxygen atoms in total. The first-order valence-corrected chi connectivity index (χ1v) is 8.29. The molecule has 0 unspecified atom stereocenters. The summed E-state index contributed by atoms with van der Waals surface area (Å²) < 4.78 is 0. The molecule has 0 aliphatic rings. The number of anilines is 3. The molecule has 0 bridgehead atoms. The van der Waals surface area contributed by atoms with Crippen molar-refractivity contribution in [3.05, 3.63) is 53.1 Å². The number of aryl methyl sites for hydroxylation is 3. The van der Waals surface area contributed by atoms with Gasteiger partial charge in [-0.3, -0.25) is 9.59 Å². The fraction of sp³-hybridized carbons (Fsp3) is 0.300.